The number of amides is 2. The Bertz CT molecular complexity index is 1060. The van der Waals surface area contributed by atoms with Crippen LogP contribution in [-0.2, 0) is 20.5 Å². The third kappa shape index (κ3) is 3.76. The summed E-state index contributed by atoms with van der Waals surface area (Å²) in [6.45, 7) is 1.49. The zero-order valence-electron chi connectivity index (χ0n) is 16.6. The summed E-state index contributed by atoms with van der Waals surface area (Å²) >= 11 is 0. The van der Waals surface area contributed by atoms with Gasteiger partial charge in [-0.05, 0) is 24.3 Å². The van der Waals surface area contributed by atoms with Crippen LogP contribution >= 0.6 is 0 Å². The minimum absolute atomic E-state index is 0.0989. The third-order valence-corrected chi connectivity index (χ3v) is 5.19. The van der Waals surface area contributed by atoms with E-state index in [9.17, 15) is 22.8 Å². The highest BCUT2D eigenvalue weighted by Gasteiger charge is 2.44. The number of benzene rings is 2. The van der Waals surface area contributed by atoms with Crippen molar-refractivity contribution in [3.05, 3.63) is 65.4 Å². The number of hydrogen-bond donors (Lipinski definition) is 0. The minimum Gasteiger partial charge on any atom is -0.496 e. The normalized spacial score (nSPS) is 17.5. The molecule has 0 aromatic heterocycles. The molecule has 0 spiro atoms. The number of rotatable bonds is 4. The largest absolute Gasteiger partial charge is 0.496 e. The molecule has 2 amide bonds. The molecule has 2 heterocycles. The van der Waals surface area contributed by atoms with Crippen molar-refractivity contribution in [1.82, 2.24) is 4.90 Å². The molecule has 0 saturated carbocycles. The van der Waals surface area contributed by atoms with E-state index in [0.29, 0.717) is 37.6 Å². The first-order valence-electron chi connectivity index (χ1n) is 9.59. The Balaban J connectivity index is 1.85. The second kappa shape index (κ2) is 8.07. The minimum atomic E-state index is -4.60. The Labute approximate surface area is 176 Å². The van der Waals surface area contributed by atoms with Gasteiger partial charge in [-0.3, -0.25) is 9.59 Å². The summed E-state index contributed by atoms with van der Waals surface area (Å²) in [5.41, 5.74) is -0.443. The number of halogens is 3. The van der Waals surface area contributed by atoms with Gasteiger partial charge in [0.25, 0.3) is 11.8 Å². The molecule has 9 heteroatoms. The van der Waals surface area contributed by atoms with Gasteiger partial charge in [-0.2, -0.15) is 13.2 Å². The van der Waals surface area contributed by atoms with Crippen molar-refractivity contribution >= 4 is 23.1 Å². The maximum atomic E-state index is 13.5. The molecule has 162 valence electrons. The molecular weight excluding hydrogens is 413 g/mol. The Morgan fingerprint density at radius 1 is 0.968 bits per heavy atom. The fourth-order valence-electron chi connectivity index (χ4n) is 3.75. The maximum Gasteiger partial charge on any atom is 0.416 e. The number of anilines is 1. The van der Waals surface area contributed by atoms with Gasteiger partial charge in [0.15, 0.2) is 0 Å². The summed E-state index contributed by atoms with van der Waals surface area (Å²) < 4.78 is 50.4. The van der Waals surface area contributed by atoms with Gasteiger partial charge in [-0.15, -0.1) is 0 Å². The van der Waals surface area contributed by atoms with Crippen LogP contribution < -0.4 is 9.64 Å². The van der Waals surface area contributed by atoms with Gasteiger partial charge in [0, 0.05) is 18.7 Å². The third-order valence-electron chi connectivity index (χ3n) is 5.19. The number of carbonyl (C=O) groups is 2. The molecule has 0 radical (unpaired) electrons. The van der Waals surface area contributed by atoms with Gasteiger partial charge in [0.2, 0.25) is 0 Å². The number of methoxy groups -OCH3 is 1. The van der Waals surface area contributed by atoms with E-state index in [1.165, 1.54) is 19.2 Å². The highest BCUT2D eigenvalue weighted by Crippen LogP contribution is 2.39. The molecule has 1 saturated heterocycles. The summed E-state index contributed by atoms with van der Waals surface area (Å²) in [6, 6.07) is 10.9. The summed E-state index contributed by atoms with van der Waals surface area (Å²) in [4.78, 5) is 29.4. The standard InChI is InChI=1S/C22H19F3N2O4/c1-30-17-8-3-2-7-16(17)18-19(26-9-11-31-12-10-26)21(29)27(20(18)28)15-6-4-5-14(13-15)22(23,24)25/h2-8,13H,9-12H2,1H3. The number of alkyl halides is 3. The lowest BCUT2D eigenvalue weighted by atomic mass is 10.0. The molecule has 2 aliphatic heterocycles. The van der Waals surface area contributed by atoms with Crippen LogP contribution in [0.2, 0.25) is 0 Å². The molecule has 0 N–H and O–H groups in total. The van der Waals surface area contributed by atoms with E-state index >= 15 is 0 Å². The number of morpholine rings is 1. The van der Waals surface area contributed by atoms with Crippen LogP contribution in [0.5, 0.6) is 5.75 Å². The van der Waals surface area contributed by atoms with Crippen LogP contribution in [0, 0.1) is 0 Å². The fraction of sp³-hybridized carbons (Fsp3) is 0.273. The van der Waals surface area contributed by atoms with Gasteiger partial charge < -0.3 is 14.4 Å². The number of para-hydroxylation sites is 1. The number of imide groups is 1. The van der Waals surface area contributed by atoms with Crippen molar-refractivity contribution in [2.45, 2.75) is 6.18 Å². The Morgan fingerprint density at radius 2 is 1.68 bits per heavy atom. The first-order valence-corrected chi connectivity index (χ1v) is 9.59. The Kier molecular flexibility index (Phi) is 5.45. The van der Waals surface area contributed by atoms with Crippen molar-refractivity contribution in [2.75, 3.05) is 38.3 Å². The maximum absolute atomic E-state index is 13.5. The zero-order chi connectivity index (χ0) is 22.2. The molecular formula is C22H19F3N2O4. The van der Waals surface area contributed by atoms with Crippen molar-refractivity contribution in [3.63, 3.8) is 0 Å². The molecule has 2 aromatic carbocycles. The molecule has 0 aliphatic carbocycles. The van der Waals surface area contributed by atoms with Crippen LogP contribution in [0.15, 0.2) is 54.2 Å². The summed E-state index contributed by atoms with van der Waals surface area (Å²) in [7, 11) is 1.44. The first-order chi connectivity index (χ1) is 14.8. The van der Waals surface area contributed by atoms with E-state index in [0.717, 1.165) is 17.0 Å². The number of hydrogen-bond acceptors (Lipinski definition) is 5. The smallest absolute Gasteiger partial charge is 0.416 e. The first kappa shape index (κ1) is 20.9. The molecule has 0 bridgehead atoms. The quantitative estimate of drug-likeness (QED) is 0.694. The van der Waals surface area contributed by atoms with E-state index in [-0.39, 0.29) is 17.0 Å². The average Bonchev–Trinajstić information content (AvgIpc) is 3.03. The van der Waals surface area contributed by atoms with Crippen LogP contribution in [0.3, 0.4) is 0 Å². The molecule has 0 unspecified atom stereocenters. The topological polar surface area (TPSA) is 59.1 Å². The fourth-order valence-corrected chi connectivity index (χ4v) is 3.75. The highest BCUT2D eigenvalue weighted by molar-refractivity contribution is 6.45. The molecule has 6 nitrogen and oxygen atoms in total. The molecule has 2 aliphatic rings. The van der Waals surface area contributed by atoms with Crippen molar-refractivity contribution in [1.29, 1.82) is 0 Å². The Morgan fingerprint density at radius 3 is 2.35 bits per heavy atom. The molecule has 1 fully saturated rings. The lowest BCUT2D eigenvalue weighted by molar-refractivity contribution is -0.137. The van der Waals surface area contributed by atoms with Crippen molar-refractivity contribution in [3.8, 4) is 5.75 Å². The lowest BCUT2D eigenvalue weighted by Crippen LogP contribution is -2.40. The van der Waals surface area contributed by atoms with Gasteiger partial charge in [0.1, 0.15) is 11.4 Å². The molecule has 31 heavy (non-hydrogen) atoms. The second-order valence-electron chi connectivity index (χ2n) is 7.02. The van der Waals surface area contributed by atoms with Crippen LogP contribution in [0.4, 0.5) is 18.9 Å². The van der Waals surface area contributed by atoms with Gasteiger partial charge in [-0.1, -0.05) is 24.3 Å². The predicted octanol–water partition coefficient (Wildman–Crippen LogP) is 3.33. The van der Waals surface area contributed by atoms with Crippen LogP contribution in [0.25, 0.3) is 5.57 Å². The lowest BCUT2D eigenvalue weighted by Gasteiger charge is -2.29. The van der Waals surface area contributed by atoms with E-state index in [1.807, 2.05) is 0 Å². The number of ether oxygens (including phenoxy) is 2. The van der Waals surface area contributed by atoms with Crippen LogP contribution in [0.1, 0.15) is 11.1 Å². The van der Waals surface area contributed by atoms with Gasteiger partial charge in [-0.25, -0.2) is 4.90 Å². The van der Waals surface area contributed by atoms with E-state index in [1.54, 1.807) is 29.2 Å². The van der Waals surface area contributed by atoms with Gasteiger partial charge in [0.05, 0.1) is 37.1 Å². The van der Waals surface area contributed by atoms with E-state index in [4.69, 9.17) is 9.47 Å². The SMILES string of the molecule is COc1ccccc1C1=C(N2CCOCC2)C(=O)N(c2cccc(C(F)(F)F)c2)C1=O. The molecule has 2 aromatic rings. The van der Waals surface area contributed by atoms with E-state index in [2.05, 4.69) is 0 Å². The summed E-state index contributed by atoms with van der Waals surface area (Å²) in [5, 5.41) is 0. The predicted molar refractivity (Wildman–Crippen MR) is 106 cm³/mol. The zero-order valence-corrected chi connectivity index (χ0v) is 16.6. The number of carbonyl (C=O) groups excluding carboxylic acids is 2. The summed E-state index contributed by atoms with van der Waals surface area (Å²) in [6.07, 6.45) is -4.60. The van der Waals surface area contributed by atoms with Gasteiger partial charge >= 0.3 is 6.18 Å². The van der Waals surface area contributed by atoms with E-state index < -0.39 is 23.6 Å². The highest BCUT2D eigenvalue weighted by atomic mass is 19.4. The second-order valence-corrected chi connectivity index (χ2v) is 7.02. The molecule has 4 rings (SSSR count). The Hall–Kier alpha value is -3.33. The van der Waals surface area contributed by atoms with Crippen molar-refractivity contribution < 1.29 is 32.2 Å². The van der Waals surface area contributed by atoms with Crippen LogP contribution in [-0.4, -0.2) is 50.1 Å². The number of nitrogens with zero attached hydrogens (tertiary/aromatic N) is 2. The monoisotopic (exact) mass is 432 g/mol. The molecule has 0 atom stereocenters. The summed E-state index contributed by atoms with van der Waals surface area (Å²) in [5.74, 6) is -0.988. The van der Waals surface area contributed by atoms with Crippen molar-refractivity contribution in [2.24, 2.45) is 0 Å². The average molecular weight is 432 g/mol.